The Kier molecular flexibility index (Phi) is 9.13. The number of nitrogens with one attached hydrogen (secondary N) is 1. The predicted molar refractivity (Wildman–Crippen MR) is 89.7 cm³/mol. The first-order valence-corrected chi connectivity index (χ1v) is 8.83. The van der Waals surface area contributed by atoms with Crippen molar-refractivity contribution in [3.05, 3.63) is 0 Å². The van der Waals surface area contributed by atoms with Crippen LogP contribution in [0.2, 0.25) is 0 Å². The topological polar surface area (TPSA) is 52.7 Å². The average Bonchev–Trinajstić information content (AvgIpc) is 2.53. The van der Waals surface area contributed by atoms with Crippen LogP contribution in [-0.4, -0.2) is 60.9 Å². The lowest BCUT2D eigenvalue weighted by Gasteiger charge is -2.33. The van der Waals surface area contributed by atoms with Gasteiger partial charge in [0.15, 0.2) is 0 Å². The van der Waals surface area contributed by atoms with Gasteiger partial charge in [-0.15, -0.1) is 0 Å². The van der Waals surface area contributed by atoms with Crippen LogP contribution in [0.3, 0.4) is 0 Å². The summed E-state index contributed by atoms with van der Waals surface area (Å²) in [6.07, 6.45) is 7.85. The fourth-order valence-corrected chi connectivity index (χ4v) is 3.03. The largest absolute Gasteiger partial charge is 0.355 e. The van der Waals surface area contributed by atoms with Gasteiger partial charge in [0.05, 0.1) is 13.1 Å². The van der Waals surface area contributed by atoms with E-state index in [9.17, 15) is 9.59 Å². The van der Waals surface area contributed by atoms with E-state index in [0.717, 1.165) is 32.2 Å². The van der Waals surface area contributed by atoms with Crippen LogP contribution in [0.4, 0.5) is 0 Å². The van der Waals surface area contributed by atoms with Gasteiger partial charge in [-0.2, -0.15) is 0 Å². The molecular formula is C17H33N3O2. The number of likely N-dealkylation sites (N-methyl/N-ethyl adjacent to an activating group) is 1. The molecule has 5 heteroatoms. The normalized spacial score (nSPS) is 15.8. The molecule has 1 aliphatic rings. The molecule has 1 N–H and O–H groups in total. The van der Waals surface area contributed by atoms with E-state index in [2.05, 4.69) is 12.2 Å². The third kappa shape index (κ3) is 6.77. The van der Waals surface area contributed by atoms with E-state index in [1.165, 1.54) is 19.3 Å². The molecule has 5 nitrogen and oxygen atoms in total. The smallest absolute Gasteiger partial charge is 0.236 e. The van der Waals surface area contributed by atoms with Crippen molar-refractivity contribution in [3.63, 3.8) is 0 Å². The number of hydrogen-bond donors (Lipinski definition) is 1. The number of hydrogen-bond acceptors (Lipinski definition) is 3. The average molecular weight is 311 g/mol. The molecule has 22 heavy (non-hydrogen) atoms. The number of carbonyl (C=O) groups is 2. The molecule has 128 valence electrons. The first-order chi connectivity index (χ1) is 10.6. The molecule has 0 aromatic rings. The van der Waals surface area contributed by atoms with Gasteiger partial charge in [-0.1, -0.05) is 33.1 Å². The van der Waals surface area contributed by atoms with Crippen LogP contribution in [0.1, 0.15) is 58.8 Å². The van der Waals surface area contributed by atoms with E-state index in [4.69, 9.17) is 0 Å². The second-order valence-electron chi connectivity index (χ2n) is 6.36. The second kappa shape index (κ2) is 10.6. The molecule has 1 saturated carbocycles. The molecule has 2 amide bonds. The third-order valence-electron chi connectivity index (χ3n) is 4.35. The quantitative estimate of drug-likeness (QED) is 0.709. The van der Waals surface area contributed by atoms with Crippen molar-refractivity contribution in [1.29, 1.82) is 0 Å². The summed E-state index contributed by atoms with van der Waals surface area (Å²) in [7, 11) is 1.92. The van der Waals surface area contributed by atoms with E-state index in [1.54, 1.807) is 0 Å². The molecule has 0 aliphatic heterocycles. The van der Waals surface area contributed by atoms with E-state index in [0.29, 0.717) is 25.7 Å². The summed E-state index contributed by atoms with van der Waals surface area (Å²) >= 11 is 0. The van der Waals surface area contributed by atoms with Gasteiger partial charge in [0, 0.05) is 19.6 Å². The van der Waals surface area contributed by atoms with Gasteiger partial charge >= 0.3 is 0 Å². The first kappa shape index (κ1) is 18.9. The summed E-state index contributed by atoms with van der Waals surface area (Å²) in [5.74, 6) is 0.159. The fourth-order valence-electron chi connectivity index (χ4n) is 3.03. The molecule has 0 saturated heterocycles. The van der Waals surface area contributed by atoms with Crippen molar-refractivity contribution in [3.8, 4) is 0 Å². The van der Waals surface area contributed by atoms with Gasteiger partial charge in [-0.25, -0.2) is 0 Å². The van der Waals surface area contributed by atoms with Gasteiger partial charge in [-0.3, -0.25) is 14.5 Å². The van der Waals surface area contributed by atoms with E-state index in [1.807, 2.05) is 23.8 Å². The van der Waals surface area contributed by atoms with Crippen molar-refractivity contribution in [2.75, 3.05) is 33.2 Å². The van der Waals surface area contributed by atoms with Gasteiger partial charge in [0.2, 0.25) is 11.8 Å². The molecule has 0 atom stereocenters. The van der Waals surface area contributed by atoms with Crippen LogP contribution in [0.5, 0.6) is 0 Å². The monoisotopic (exact) mass is 311 g/mol. The highest BCUT2D eigenvalue weighted by Gasteiger charge is 2.23. The van der Waals surface area contributed by atoms with Crippen LogP contribution in [-0.2, 0) is 9.59 Å². The minimum atomic E-state index is 0.0171. The Bertz CT molecular complexity index is 341. The van der Waals surface area contributed by atoms with E-state index in [-0.39, 0.29) is 11.8 Å². The summed E-state index contributed by atoms with van der Waals surface area (Å²) in [5.41, 5.74) is 0. The lowest BCUT2D eigenvalue weighted by atomic mass is 9.94. The number of amides is 2. The Hall–Kier alpha value is -1.10. The summed E-state index contributed by atoms with van der Waals surface area (Å²) in [4.78, 5) is 28.2. The van der Waals surface area contributed by atoms with Crippen LogP contribution in [0.15, 0.2) is 0 Å². The maximum Gasteiger partial charge on any atom is 0.236 e. The van der Waals surface area contributed by atoms with Crippen molar-refractivity contribution < 1.29 is 9.59 Å². The Morgan fingerprint density at radius 1 is 1.05 bits per heavy atom. The standard InChI is InChI=1S/C17H33N3O2/c1-4-11-18-16(21)13-20(12-5-2)14-17(22)19(3)15-9-7-6-8-10-15/h15H,4-14H2,1-3H3,(H,18,21). The molecule has 1 rings (SSSR count). The Morgan fingerprint density at radius 3 is 2.32 bits per heavy atom. The molecule has 0 spiro atoms. The highest BCUT2D eigenvalue weighted by molar-refractivity contribution is 5.81. The zero-order valence-corrected chi connectivity index (χ0v) is 14.6. The third-order valence-corrected chi connectivity index (χ3v) is 4.35. The van der Waals surface area contributed by atoms with E-state index < -0.39 is 0 Å². The lowest BCUT2D eigenvalue weighted by molar-refractivity contribution is -0.134. The zero-order valence-electron chi connectivity index (χ0n) is 14.6. The highest BCUT2D eigenvalue weighted by Crippen LogP contribution is 2.21. The van der Waals surface area contributed by atoms with Crippen LogP contribution < -0.4 is 5.32 Å². The first-order valence-electron chi connectivity index (χ1n) is 8.83. The Labute approximate surface area is 135 Å². The van der Waals surface area contributed by atoms with Crippen LogP contribution >= 0.6 is 0 Å². The van der Waals surface area contributed by atoms with Crippen molar-refractivity contribution in [2.45, 2.75) is 64.8 Å². The minimum Gasteiger partial charge on any atom is -0.355 e. The van der Waals surface area contributed by atoms with Crippen LogP contribution in [0.25, 0.3) is 0 Å². The molecule has 1 fully saturated rings. The predicted octanol–water partition coefficient (Wildman–Crippen LogP) is 2.02. The Morgan fingerprint density at radius 2 is 1.73 bits per heavy atom. The number of carbonyl (C=O) groups excluding carboxylic acids is 2. The molecule has 0 unspecified atom stereocenters. The lowest BCUT2D eigenvalue weighted by Crippen LogP contribution is -2.46. The van der Waals surface area contributed by atoms with Crippen molar-refractivity contribution >= 4 is 11.8 Å². The molecular weight excluding hydrogens is 278 g/mol. The van der Waals surface area contributed by atoms with Crippen molar-refractivity contribution in [2.24, 2.45) is 0 Å². The summed E-state index contributed by atoms with van der Waals surface area (Å²) < 4.78 is 0. The molecule has 1 aliphatic carbocycles. The molecule has 0 aromatic heterocycles. The van der Waals surface area contributed by atoms with Gasteiger partial charge < -0.3 is 10.2 Å². The molecule has 0 radical (unpaired) electrons. The summed E-state index contributed by atoms with van der Waals surface area (Å²) in [5, 5.41) is 2.88. The molecule has 0 bridgehead atoms. The van der Waals surface area contributed by atoms with Gasteiger partial charge in [0.25, 0.3) is 0 Å². The fraction of sp³-hybridized carbons (Fsp3) is 0.882. The Balaban J connectivity index is 2.46. The summed E-state index contributed by atoms with van der Waals surface area (Å²) in [6, 6.07) is 0.388. The maximum absolute atomic E-state index is 12.5. The van der Waals surface area contributed by atoms with Crippen LogP contribution in [0, 0.1) is 0 Å². The van der Waals surface area contributed by atoms with E-state index >= 15 is 0 Å². The number of nitrogens with zero attached hydrogens (tertiary/aromatic N) is 2. The van der Waals surface area contributed by atoms with Gasteiger partial charge in [0.1, 0.15) is 0 Å². The molecule has 0 aromatic carbocycles. The maximum atomic E-state index is 12.5. The summed E-state index contributed by atoms with van der Waals surface area (Å²) in [6.45, 7) is 6.26. The SMILES string of the molecule is CCCNC(=O)CN(CCC)CC(=O)N(C)C1CCCCC1. The number of rotatable bonds is 9. The second-order valence-corrected chi connectivity index (χ2v) is 6.36. The van der Waals surface area contributed by atoms with Gasteiger partial charge in [-0.05, 0) is 32.2 Å². The van der Waals surface area contributed by atoms with Crippen molar-refractivity contribution in [1.82, 2.24) is 15.1 Å². The minimum absolute atomic E-state index is 0.0171. The highest BCUT2D eigenvalue weighted by atomic mass is 16.2. The molecule has 0 heterocycles. The zero-order chi connectivity index (χ0) is 16.4.